The van der Waals surface area contributed by atoms with Gasteiger partial charge < -0.3 is 19.1 Å². The molecular formula is C35H29F2N5O4. The number of nitrogens with zero attached hydrogens (tertiary/aromatic N) is 5. The van der Waals surface area contributed by atoms with Crippen LogP contribution >= 0.6 is 0 Å². The molecule has 2 aliphatic rings. The Morgan fingerprint density at radius 2 is 1.85 bits per heavy atom. The van der Waals surface area contributed by atoms with Gasteiger partial charge in [0.05, 0.1) is 53.2 Å². The zero-order valence-electron chi connectivity index (χ0n) is 24.7. The van der Waals surface area contributed by atoms with Crippen molar-refractivity contribution in [3.05, 3.63) is 113 Å². The Hall–Kier alpha value is -5.18. The zero-order chi connectivity index (χ0) is 31.8. The van der Waals surface area contributed by atoms with Crippen LogP contribution in [0.2, 0.25) is 0 Å². The van der Waals surface area contributed by atoms with E-state index < -0.39 is 17.6 Å². The Labute approximate surface area is 263 Å². The quantitative estimate of drug-likeness (QED) is 0.215. The smallest absolute Gasteiger partial charge is 0.335 e. The number of fused-ring (bicyclic) bond motifs is 1. The van der Waals surface area contributed by atoms with Crippen molar-refractivity contribution in [2.45, 2.75) is 38.1 Å². The normalized spacial score (nSPS) is 16.5. The Kier molecular flexibility index (Phi) is 7.90. The number of halogens is 2. The molecule has 2 aromatic heterocycles. The standard InChI is InChI=1S/C35H29F2N5O4/c36-28-12-21(16-38)4-5-25(28)18-46-34-3-1-2-30(40-34)23-7-6-22(29(37)13-23)15-33-39-31-9-8-24(35(43)44)14-32(31)42(33)17-26-10-11-41(26)27-19-45-20-27/h1-9,12-14,26-27H,10-11,15,17-20H2,(H,43,44)/t26-/m0/s1. The van der Waals surface area contributed by atoms with Crippen LogP contribution in [0.15, 0.2) is 72.8 Å². The number of likely N-dealkylation sites (tertiary alicyclic amines) is 1. The second-order valence-corrected chi connectivity index (χ2v) is 11.6. The van der Waals surface area contributed by atoms with Crippen LogP contribution in [0.4, 0.5) is 8.78 Å². The molecule has 3 aromatic carbocycles. The molecular weight excluding hydrogens is 592 g/mol. The summed E-state index contributed by atoms with van der Waals surface area (Å²) in [5.74, 6) is -1.07. The number of carbonyl (C=O) groups is 1. The monoisotopic (exact) mass is 621 g/mol. The number of nitriles is 1. The predicted octanol–water partition coefficient (Wildman–Crippen LogP) is 5.59. The van der Waals surface area contributed by atoms with Gasteiger partial charge in [-0.05, 0) is 54.4 Å². The summed E-state index contributed by atoms with van der Waals surface area (Å²) in [6.07, 6.45) is 1.23. The molecule has 0 saturated carbocycles. The van der Waals surface area contributed by atoms with Gasteiger partial charge in [0.25, 0.3) is 0 Å². The molecule has 46 heavy (non-hydrogen) atoms. The lowest BCUT2D eigenvalue weighted by molar-refractivity contribution is -0.111. The number of rotatable bonds is 10. The molecule has 1 atom stereocenters. The molecule has 232 valence electrons. The summed E-state index contributed by atoms with van der Waals surface area (Å²) < 4.78 is 43.1. The maximum atomic E-state index is 15.7. The molecule has 0 spiro atoms. The van der Waals surface area contributed by atoms with Gasteiger partial charge in [-0.2, -0.15) is 5.26 Å². The maximum absolute atomic E-state index is 15.7. The van der Waals surface area contributed by atoms with Crippen LogP contribution < -0.4 is 4.74 Å². The number of hydrogen-bond acceptors (Lipinski definition) is 7. The van der Waals surface area contributed by atoms with E-state index in [1.165, 1.54) is 24.3 Å². The third-order valence-electron chi connectivity index (χ3n) is 8.73. The first kappa shape index (κ1) is 29.5. The second kappa shape index (κ2) is 12.3. The third kappa shape index (κ3) is 5.80. The number of aromatic nitrogens is 3. The van der Waals surface area contributed by atoms with Crippen molar-refractivity contribution in [2.24, 2.45) is 0 Å². The van der Waals surface area contributed by atoms with Crippen LogP contribution in [0, 0.1) is 23.0 Å². The zero-order valence-corrected chi connectivity index (χ0v) is 24.7. The highest BCUT2D eigenvalue weighted by Gasteiger charge is 2.38. The van der Waals surface area contributed by atoms with Gasteiger partial charge in [0.2, 0.25) is 5.88 Å². The Morgan fingerprint density at radius 3 is 2.54 bits per heavy atom. The van der Waals surface area contributed by atoms with Gasteiger partial charge in [0, 0.05) is 42.7 Å². The minimum Gasteiger partial charge on any atom is -0.478 e. The molecule has 2 aliphatic heterocycles. The minimum absolute atomic E-state index is 0.0801. The van der Waals surface area contributed by atoms with Crippen molar-refractivity contribution < 1.29 is 28.2 Å². The average Bonchev–Trinajstić information content (AvgIpc) is 3.37. The fraction of sp³-hybridized carbons (Fsp3) is 0.257. The Balaban J connectivity index is 1.12. The summed E-state index contributed by atoms with van der Waals surface area (Å²) >= 11 is 0. The molecule has 7 rings (SSSR count). The molecule has 0 unspecified atom stereocenters. The van der Waals surface area contributed by atoms with Gasteiger partial charge in [-0.3, -0.25) is 4.90 Å². The summed E-state index contributed by atoms with van der Waals surface area (Å²) in [4.78, 5) is 23.4. The number of aromatic carboxylic acids is 1. The highest BCUT2D eigenvalue weighted by molar-refractivity contribution is 5.92. The van der Waals surface area contributed by atoms with Crippen molar-refractivity contribution >= 4 is 17.0 Å². The first-order valence-corrected chi connectivity index (χ1v) is 15.0. The van der Waals surface area contributed by atoms with Gasteiger partial charge in [0.15, 0.2) is 0 Å². The summed E-state index contributed by atoms with van der Waals surface area (Å²) in [7, 11) is 0. The summed E-state index contributed by atoms with van der Waals surface area (Å²) in [6, 6.07) is 21.6. The molecule has 11 heteroatoms. The molecule has 4 heterocycles. The van der Waals surface area contributed by atoms with E-state index in [2.05, 4.69) is 9.88 Å². The van der Waals surface area contributed by atoms with Gasteiger partial charge >= 0.3 is 5.97 Å². The van der Waals surface area contributed by atoms with Crippen LogP contribution in [0.5, 0.6) is 5.88 Å². The van der Waals surface area contributed by atoms with Crippen molar-refractivity contribution in [3.63, 3.8) is 0 Å². The largest absolute Gasteiger partial charge is 0.478 e. The van der Waals surface area contributed by atoms with E-state index in [0.29, 0.717) is 59.5 Å². The fourth-order valence-electron chi connectivity index (χ4n) is 5.97. The Morgan fingerprint density at radius 1 is 1.02 bits per heavy atom. The Bertz CT molecular complexity index is 2000. The molecule has 5 aromatic rings. The number of pyridine rings is 1. The van der Waals surface area contributed by atoms with Crippen LogP contribution in [0.3, 0.4) is 0 Å². The first-order chi connectivity index (χ1) is 22.4. The highest BCUT2D eigenvalue weighted by Crippen LogP contribution is 2.30. The molecule has 0 radical (unpaired) electrons. The molecule has 2 saturated heterocycles. The van der Waals surface area contributed by atoms with Crippen LogP contribution in [-0.2, 0) is 24.3 Å². The lowest BCUT2D eigenvalue weighted by atomic mass is 9.98. The molecule has 0 amide bonds. The van der Waals surface area contributed by atoms with E-state index in [4.69, 9.17) is 19.7 Å². The fourth-order valence-corrected chi connectivity index (χ4v) is 5.97. The lowest BCUT2D eigenvalue weighted by Crippen LogP contribution is -2.61. The number of benzene rings is 3. The summed E-state index contributed by atoms with van der Waals surface area (Å²) in [6.45, 7) is 2.96. The van der Waals surface area contributed by atoms with Gasteiger partial charge in [-0.15, -0.1) is 0 Å². The average molecular weight is 622 g/mol. The number of hydrogen-bond donors (Lipinski definition) is 1. The molecule has 0 bridgehead atoms. The number of carboxylic acid groups (broad SMARTS) is 1. The number of ether oxygens (including phenoxy) is 2. The van der Waals surface area contributed by atoms with E-state index in [1.54, 1.807) is 42.5 Å². The maximum Gasteiger partial charge on any atom is 0.335 e. The first-order valence-electron chi connectivity index (χ1n) is 15.0. The van der Waals surface area contributed by atoms with E-state index in [1.807, 2.05) is 10.6 Å². The minimum atomic E-state index is -1.01. The molecule has 2 fully saturated rings. The van der Waals surface area contributed by atoms with E-state index in [0.717, 1.165) is 19.0 Å². The van der Waals surface area contributed by atoms with Crippen molar-refractivity contribution in [1.82, 2.24) is 19.4 Å². The predicted molar refractivity (Wildman–Crippen MR) is 164 cm³/mol. The lowest BCUT2D eigenvalue weighted by Gasteiger charge is -2.49. The molecule has 0 aliphatic carbocycles. The second-order valence-electron chi connectivity index (χ2n) is 11.6. The van der Waals surface area contributed by atoms with Gasteiger partial charge in [-0.25, -0.2) is 23.5 Å². The number of imidazole rings is 1. The van der Waals surface area contributed by atoms with Crippen LogP contribution in [0.25, 0.3) is 22.3 Å². The van der Waals surface area contributed by atoms with Gasteiger partial charge in [-0.1, -0.05) is 24.3 Å². The van der Waals surface area contributed by atoms with Crippen molar-refractivity contribution in [1.29, 1.82) is 5.26 Å². The molecule has 1 N–H and O–H groups in total. The van der Waals surface area contributed by atoms with E-state index >= 15 is 4.39 Å². The third-order valence-corrected chi connectivity index (χ3v) is 8.73. The SMILES string of the molecule is N#Cc1ccc(COc2cccc(-c3ccc(Cc4nc5ccc(C(=O)O)cc5n4C[C@@H]4CCN4C4COC4)c(F)c3)n2)c(F)c1. The van der Waals surface area contributed by atoms with Crippen LogP contribution in [-0.4, -0.2) is 62.4 Å². The van der Waals surface area contributed by atoms with E-state index in [-0.39, 0.29) is 41.6 Å². The topological polar surface area (TPSA) is 113 Å². The van der Waals surface area contributed by atoms with Crippen molar-refractivity contribution in [2.75, 3.05) is 19.8 Å². The van der Waals surface area contributed by atoms with Gasteiger partial charge in [0.1, 0.15) is 24.1 Å². The highest BCUT2D eigenvalue weighted by atomic mass is 19.1. The van der Waals surface area contributed by atoms with Crippen molar-refractivity contribution in [3.8, 4) is 23.2 Å². The summed E-state index contributed by atoms with van der Waals surface area (Å²) in [5.41, 5.74) is 3.54. The van der Waals surface area contributed by atoms with E-state index in [9.17, 15) is 14.3 Å². The molecule has 9 nitrogen and oxygen atoms in total. The van der Waals surface area contributed by atoms with Crippen LogP contribution in [0.1, 0.15) is 39.3 Å². The number of carboxylic acids is 1. The summed E-state index contributed by atoms with van der Waals surface area (Å²) in [5, 5.41) is 18.6.